The Morgan fingerprint density at radius 1 is 1.77 bits per heavy atom. The first-order chi connectivity index (χ1) is 5.97. The van der Waals surface area contributed by atoms with Gasteiger partial charge in [0.15, 0.2) is 0 Å². The Morgan fingerprint density at radius 3 is 2.77 bits per heavy atom. The van der Waals surface area contributed by atoms with Crippen LogP contribution in [0.3, 0.4) is 0 Å². The van der Waals surface area contributed by atoms with Crippen molar-refractivity contribution < 1.29 is 14.2 Å². The summed E-state index contributed by atoms with van der Waals surface area (Å²) < 4.78 is 18.2. The highest BCUT2D eigenvalue weighted by Crippen LogP contribution is 2.26. The molecule has 0 aliphatic carbocycles. The first kappa shape index (κ1) is 10.6. The van der Waals surface area contributed by atoms with Crippen molar-refractivity contribution in [3.63, 3.8) is 0 Å². The summed E-state index contributed by atoms with van der Waals surface area (Å²) >= 11 is 0. The summed E-state index contributed by atoms with van der Waals surface area (Å²) in [5, 5.41) is 8.51. The zero-order chi connectivity index (χ0) is 10.1. The van der Waals surface area contributed by atoms with Crippen molar-refractivity contribution in [3.05, 3.63) is 11.9 Å². The molecule has 1 rings (SSSR count). The van der Waals surface area contributed by atoms with Crippen LogP contribution < -0.4 is 0 Å². The molecule has 1 heterocycles. The molecule has 1 N–H and O–H groups in total. The summed E-state index contributed by atoms with van der Waals surface area (Å²) in [5.74, 6) is -0.502. The number of hydrogen-bond acceptors (Lipinski definition) is 3. The van der Waals surface area contributed by atoms with Crippen molar-refractivity contribution in [2.45, 2.75) is 25.6 Å². The van der Waals surface area contributed by atoms with Gasteiger partial charge in [0.1, 0.15) is 11.6 Å². The maximum absolute atomic E-state index is 12.7. The third-order valence-corrected chi connectivity index (χ3v) is 2.48. The number of hydrogen-bond donors (Lipinski definition) is 1. The number of halogens is 1. The second kappa shape index (κ2) is 3.74. The normalized spacial score (nSPS) is 29.6. The topological polar surface area (TPSA) is 32.7 Å². The molecule has 0 saturated carbocycles. The fraction of sp³-hybridized carbons (Fsp3) is 0.778. The van der Waals surface area contributed by atoms with E-state index < -0.39 is 12.4 Å². The van der Waals surface area contributed by atoms with Crippen LogP contribution in [0.15, 0.2) is 11.9 Å². The van der Waals surface area contributed by atoms with E-state index in [4.69, 9.17) is 9.84 Å². The van der Waals surface area contributed by atoms with Gasteiger partial charge >= 0.3 is 0 Å². The Balaban J connectivity index is 2.66. The van der Waals surface area contributed by atoms with Gasteiger partial charge in [-0.1, -0.05) is 0 Å². The molecule has 1 saturated heterocycles. The largest absolute Gasteiger partial charge is 0.389 e. The molecule has 0 bridgehead atoms. The molecular formula is C9H16FNO2. The number of nitrogens with zero attached hydrogens (tertiary/aromatic N) is 1. The highest BCUT2D eigenvalue weighted by atomic mass is 19.1. The number of rotatable bonds is 2. The molecule has 0 aromatic heterocycles. The minimum atomic E-state index is -0.537. The minimum absolute atomic E-state index is 0.0813. The molecule has 0 aromatic rings. The Hall–Kier alpha value is -0.450. The van der Waals surface area contributed by atoms with E-state index in [1.54, 1.807) is 0 Å². The van der Waals surface area contributed by atoms with Crippen LogP contribution >= 0.6 is 0 Å². The van der Waals surface area contributed by atoms with Gasteiger partial charge in [0.2, 0.25) is 0 Å². The average molecular weight is 189 g/mol. The van der Waals surface area contributed by atoms with E-state index in [-0.39, 0.29) is 11.8 Å². The van der Waals surface area contributed by atoms with Gasteiger partial charge in [0, 0.05) is 0 Å². The molecule has 0 amide bonds. The zero-order valence-electron chi connectivity index (χ0n) is 8.25. The molecule has 1 aliphatic heterocycles. The van der Waals surface area contributed by atoms with E-state index in [9.17, 15) is 4.39 Å². The van der Waals surface area contributed by atoms with Gasteiger partial charge in [-0.15, -0.1) is 0 Å². The SMILES string of the molecule is CN1[C@@H](C=C(F)CO)COC1(C)C. The van der Waals surface area contributed by atoms with Gasteiger partial charge < -0.3 is 9.84 Å². The molecule has 3 nitrogen and oxygen atoms in total. The van der Waals surface area contributed by atoms with E-state index in [2.05, 4.69) is 0 Å². The molecule has 0 unspecified atom stereocenters. The standard InChI is InChI=1S/C9H16FNO2/c1-9(2)11(3)8(6-13-9)4-7(10)5-12/h4,8,12H,5-6H2,1-3H3/t8-/m0/s1. The number of aliphatic hydroxyl groups is 1. The van der Waals surface area contributed by atoms with Gasteiger partial charge in [-0.25, -0.2) is 4.39 Å². The summed E-state index contributed by atoms with van der Waals surface area (Å²) in [6.45, 7) is 3.79. The molecule has 1 fully saturated rings. The van der Waals surface area contributed by atoms with Gasteiger partial charge in [0.25, 0.3) is 0 Å². The number of aliphatic hydroxyl groups excluding tert-OH is 1. The van der Waals surface area contributed by atoms with Crippen LogP contribution in [0.4, 0.5) is 4.39 Å². The van der Waals surface area contributed by atoms with E-state index >= 15 is 0 Å². The van der Waals surface area contributed by atoms with E-state index in [1.807, 2.05) is 25.8 Å². The Kier molecular flexibility index (Phi) is 3.05. The summed E-state index contributed by atoms with van der Waals surface area (Å²) in [4.78, 5) is 1.93. The monoisotopic (exact) mass is 189 g/mol. The van der Waals surface area contributed by atoms with Crippen LogP contribution in [-0.4, -0.2) is 42.0 Å². The van der Waals surface area contributed by atoms with Crippen LogP contribution in [0.5, 0.6) is 0 Å². The molecule has 0 radical (unpaired) electrons. The zero-order valence-corrected chi connectivity index (χ0v) is 8.25. The van der Waals surface area contributed by atoms with Gasteiger partial charge in [0.05, 0.1) is 19.3 Å². The van der Waals surface area contributed by atoms with Crippen molar-refractivity contribution in [1.82, 2.24) is 4.90 Å². The molecule has 1 atom stereocenters. The molecule has 0 spiro atoms. The fourth-order valence-electron chi connectivity index (χ4n) is 1.32. The van der Waals surface area contributed by atoms with Crippen molar-refractivity contribution in [1.29, 1.82) is 0 Å². The highest BCUT2D eigenvalue weighted by molar-refractivity contribution is 5.03. The lowest BCUT2D eigenvalue weighted by molar-refractivity contribution is -0.0402. The Labute approximate surface area is 77.8 Å². The fourth-order valence-corrected chi connectivity index (χ4v) is 1.32. The van der Waals surface area contributed by atoms with Crippen molar-refractivity contribution in [2.75, 3.05) is 20.3 Å². The molecule has 13 heavy (non-hydrogen) atoms. The van der Waals surface area contributed by atoms with Crippen LogP contribution in [0.1, 0.15) is 13.8 Å². The van der Waals surface area contributed by atoms with Gasteiger partial charge in [-0.3, -0.25) is 4.90 Å². The predicted molar refractivity (Wildman–Crippen MR) is 47.9 cm³/mol. The minimum Gasteiger partial charge on any atom is -0.389 e. The van der Waals surface area contributed by atoms with Gasteiger partial charge in [-0.2, -0.15) is 0 Å². The molecule has 0 aromatic carbocycles. The maximum Gasteiger partial charge on any atom is 0.123 e. The van der Waals surface area contributed by atoms with E-state index in [0.717, 1.165) is 0 Å². The van der Waals surface area contributed by atoms with Crippen LogP contribution in [-0.2, 0) is 4.74 Å². The van der Waals surface area contributed by atoms with Crippen LogP contribution in [0.2, 0.25) is 0 Å². The van der Waals surface area contributed by atoms with E-state index in [0.29, 0.717) is 6.61 Å². The average Bonchev–Trinajstić information content (AvgIpc) is 2.32. The van der Waals surface area contributed by atoms with Crippen molar-refractivity contribution >= 4 is 0 Å². The molecule has 4 heteroatoms. The summed E-state index contributed by atoms with van der Waals surface area (Å²) in [7, 11) is 1.87. The molecule has 1 aliphatic rings. The lowest BCUT2D eigenvalue weighted by Crippen LogP contribution is -2.39. The lowest BCUT2D eigenvalue weighted by Gasteiger charge is -2.28. The highest BCUT2D eigenvalue weighted by Gasteiger charge is 2.36. The summed E-state index contributed by atoms with van der Waals surface area (Å²) in [5.41, 5.74) is -0.350. The van der Waals surface area contributed by atoms with Crippen LogP contribution in [0, 0.1) is 0 Å². The number of ether oxygens (including phenoxy) is 1. The van der Waals surface area contributed by atoms with E-state index in [1.165, 1.54) is 6.08 Å². The number of likely N-dealkylation sites (N-methyl/N-ethyl adjacent to an activating group) is 1. The molecule has 76 valence electrons. The maximum atomic E-state index is 12.7. The van der Waals surface area contributed by atoms with Crippen LogP contribution in [0.25, 0.3) is 0 Å². The first-order valence-corrected chi connectivity index (χ1v) is 4.31. The third-order valence-electron chi connectivity index (χ3n) is 2.48. The van der Waals surface area contributed by atoms with Gasteiger partial charge in [-0.05, 0) is 27.0 Å². The van der Waals surface area contributed by atoms with Crippen molar-refractivity contribution in [2.24, 2.45) is 0 Å². The second-order valence-corrected chi connectivity index (χ2v) is 3.71. The smallest absolute Gasteiger partial charge is 0.123 e. The second-order valence-electron chi connectivity index (χ2n) is 3.71. The Bertz CT molecular complexity index is 216. The quantitative estimate of drug-likeness (QED) is 0.700. The predicted octanol–water partition coefficient (Wildman–Crippen LogP) is 0.899. The molecular weight excluding hydrogens is 173 g/mol. The lowest BCUT2D eigenvalue weighted by atomic mass is 10.2. The Morgan fingerprint density at radius 2 is 2.38 bits per heavy atom. The third kappa shape index (κ3) is 2.27. The van der Waals surface area contributed by atoms with Crippen molar-refractivity contribution in [3.8, 4) is 0 Å². The summed E-state index contributed by atoms with van der Waals surface area (Å²) in [6.07, 6.45) is 1.40. The first-order valence-electron chi connectivity index (χ1n) is 4.31. The summed E-state index contributed by atoms with van der Waals surface area (Å²) in [6, 6.07) is -0.0813.